The molecule has 0 spiro atoms. The maximum atomic E-state index is 11.7. The Hall–Kier alpha value is -0.420. The number of alkyl halides is 1. The minimum absolute atomic E-state index is 0.323. The third-order valence-corrected chi connectivity index (χ3v) is 4.04. The third kappa shape index (κ3) is 3.87. The number of amides is 3. The van der Waals surface area contributed by atoms with E-state index in [1.165, 1.54) is 0 Å². The summed E-state index contributed by atoms with van der Waals surface area (Å²) in [5.41, 5.74) is 0. The molecule has 0 bridgehead atoms. The molecule has 4 nitrogen and oxygen atoms in total. The van der Waals surface area contributed by atoms with Crippen molar-refractivity contribution >= 4 is 35.3 Å². The first kappa shape index (κ1) is 13.6. The first-order valence-corrected chi connectivity index (χ1v) is 6.88. The Morgan fingerprint density at radius 1 is 1.62 bits per heavy atom. The predicted octanol–water partition coefficient (Wildman–Crippen LogP) is 1.68. The molecule has 2 unspecified atom stereocenters. The molecule has 1 N–H and O–H groups in total. The van der Waals surface area contributed by atoms with Crippen molar-refractivity contribution in [3.05, 3.63) is 0 Å². The summed E-state index contributed by atoms with van der Waals surface area (Å²) in [6.07, 6.45) is 1.04. The molecule has 1 aliphatic heterocycles. The molecular weight excluding hydrogens is 248 g/mol. The Balaban J connectivity index is 2.44. The summed E-state index contributed by atoms with van der Waals surface area (Å²) in [4.78, 5) is 24.6. The maximum absolute atomic E-state index is 11.7. The van der Waals surface area contributed by atoms with Gasteiger partial charge in [0.15, 0.2) is 0 Å². The van der Waals surface area contributed by atoms with Gasteiger partial charge in [0, 0.05) is 24.1 Å². The van der Waals surface area contributed by atoms with Crippen molar-refractivity contribution < 1.29 is 9.59 Å². The molecule has 0 aromatic heterocycles. The van der Waals surface area contributed by atoms with Crippen molar-refractivity contribution in [2.45, 2.75) is 30.9 Å². The normalized spacial score (nSPS) is 22.7. The number of urea groups is 1. The van der Waals surface area contributed by atoms with Crippen molar-refractivity contribution in [3.8, 4) is 0 Å². The lowest BCUT2D eigenvalue weighted by atomic mass is 10.3. The zero-order valence-electron chi connectivity index (χ0n) is 9.53. The highest BCUT2D eigenvalue weighted by molar-refractivity contribution is 8.00. The Bertz CT molecular complexity index is 274. The third-order valence-electron chi connectivity index (χ3n) is 2.47. The first-order valence-electron chi connectivity index (χ1n) is 5.40. The second-order valence-electron chi connectivity index (χ2n) is 3.76. The van der Waals surface area contributed by atoms with Gasteiger partial charge in [0.2, 0.25) is 5.91 Å². The van der Waals surface area contributed by atoms with E-state index in [0.29, 0.717) is 18.3 Å². The van der Waals surface area contributed by atoms with Crippen molar-refractivity contribution in [2.24, 2.45) is 0 Å². The van der Waals surface area contributed by atoms with Crippen LogP contribution in [0.4, 0.5) is 4.79 Å². The van der Waals surface area contributed by atoms with E-state index in [-0.39, 0.29) is 6.03 Å². The van der Waals surface area contributed by atoms with Crippen LogP contribution in [0.5, 0.6) is 0 Å². The predicted molar refractivity (Wildman–Crippen MR) is 67.0 cm³/mol. The molecule has 2 atom stereocenters. The van der Waals surface area contributed by atoms with Crippen molar-refractivity contribution in [1.82, 2.24) is 10.2 Å². The summed E-state index contributed by atoms with van der Waals surface area (Å²) >= 11 is 7.46. The summed E-state index contributed by atoms with van der Waals surface area (Å²) in [5, 5.41) is 2.10. The summed E-state index contributed by atoms with van der Waals surface area (Å²) in [6.45, 7) is 5.05. The quantitative estimate of drug-likeness (QED) is 0.772. The molecule has 16 heavy (non-hydrogen) atoms. The molecule has 0 aliphatic carbocycles. The van der Waals surface area contributed by atoms with E-state index in [1.54, 1.807) is 11.8 Å². The van der Waals surface area contributed by atoms with Gasteiger partial charge in [0.25, 0.3) is 0 Å². The molecule has 0 aromatic carbocycles. The van der Waals surface area contributed by atoms with Crippen LogP contribution in [0.3, 0.4) is 0 Å². The van der Waals surface area contributed by atoms with Crippen LogP contribution in [0.1, 0.15) is 20.3 Å². The number of thioether (sulfide) groups is 1. The molecule has 1 aliphatic rings. The van der Waals surface area contributed by atoms with Gasteiger partial charge in [-0.15, -0.1) is 11.6 Å². The molecule has 3 amide bonds. The SMILES string of the molecule is CCC1CN(C(=O)NC(=O)C(C)Cl)CCS1. The van der Waals surface area contributed by atoms with E-state index < -0.39 is 11.3 Å². The lowest BCUT2D eigenvalue weighted by Gasteiger charge is -2.31. The second-order valence-corrected chi connectivity index (χ2v) is 5.82. The number of rotatable bonds is 2. The van der Waals surface area contributed by atoms with Crippen LogP contribution in [0, 0.1) is 0 Å². The fourth-order valence-electron chi connectivity index (χ4n) is 1.43. The van der Waals surface area contributed by atoms with Crippen LogP contribution in [0.15, 0.2) is 0 Å². The molecule has 0 saturated carbocycles. The molecular formula is C10H17ClN2O2S. The number of nitrogens with zero attached hydrogens (tertiary/aromatic N) is 1. The number of hydrogen-bond donors (Lipinski definition) is 1. The second kappa shape index (κ2) is 6.35. The van der Waals surface area contributed by atoms with Crippen LogP contribution in [0.2, 0.25) is 0 Å². The van der Waals surface area contributed by atoms with E-state index in [0.717, 1.165) is 12.2 Å². The van der Waals surface area contributed by atoms with E-state index in [1.807, 2.05) is 11.8 Å². The monoisotopic (exact) mass is 264 g/mol. The van der Waals surface area contributed by atoms with Gasteiger partial charge >= 0.3 is 6.03 Å². The standard InChI is InChI=1S/C10H17ClN2O2S/c1-3-8-6-13(4-5-16-8)10(15)12-9(14)7(2)11/h7-8H,3-6H2,1-2H3,(H,12,14,15). The number of hydrogen-bond acceptors (Lipinski definition) is 3. The van der Waals surface area contributed by atoms with Gasteiger partial charge in [-0.2, -0.15) is 11.8 Å². The van der Waals surface area contributed by atoms with Gasteiger partial charge in [-0.3, -0.25) is 10.1 Å². The van der Waals surface area contributed by atoms with E-state index in [4.69, 9.17) is 11.6 Å². The van der Waals surface area contributed by atoms with E-state index in [9.17, 15) is 9.59 Å². The molecule has 1 saturated heterocycles. The zero-order chi connectivity index (χ0) is 12.1. The zero-order valence-corrected chi connectivity index (χ0v) is 11.1. The van der Waals surface area contributed by atoms with Gasteiger partial charge in [0.1, 0.15) is 5.38 Å². The van der Waals surface area contributed by atoms with Crippen LogP contribution in [0.25, 0.3) is 0 Å². The summed E-state index contributed by atoms with van der Waals surface area (Å²) in [7, 11) is 0. The van der Waals surface area contributed by atoms with E-state index >= 15 is 0 Å². The maximum Gasteiger partial charge on any atom is 0.324 e. The van der Waals surface area contributed by atoms with Crippen molar-refractivity contribution in [2.75, 3.05) is 18.8 Å². The highest BCUT2D eigenvalue weighted by Gasteiger charge is 2.24. The summed E-state index contributed by atoms with van der Waals surface area (Å²) < 4.78 is 0. The number of imide groups is 1. The average Bonchev–Trinajstić information content (AvgIpc) is 2.28. The fourth-order valence-corrected chi connectivity index (χ4v) is 2.67. The van der Waals surface area contributed by atoms with E-state index in [2.05, 4.69) is 12.2 Å². The van der Waals surface area contributed by atoms with Gasteiger partial charge in [-0.1, -0.05) is 6.92 Å². The van der Waals surface area contributed by atoms with Crippen molar-refractivity contribution in [1.29, 1.82) is 0 Å². The lowest BCUT2D eigenvalue weighted by molar-refractivity contribution is -0.119. The summed E-state index contributed by atoms with van der Waals surface area (Å²) in [5.74, 6) is 0.495. The Labute approximate surface area is 105 Å². The molecule has 92 valence electrons. The first-order chi connectivity index (χ1) is 7.54. The largest absolute Gasteiger partial charge is 0.324 e. The van der Waals surface area contributed by atoms with Crippen LogP contribution in [-0.2, 0) is 4.79 Å². The van der Waals surface area contributed by atoms with Crippen LogP contribution >= 0.6 is 23.4 Å². The molecule has 1 fully saturated rings. The highest BCUT2D eigenvalue weighted by Crippen LogP contribution is 2.20. The van der Waals surface area contributed by atoms with Gasteiger partial charge in [-0.05, 0) is 13.3 Å². The van der Waals surface area contributed by atoms with Crippen LogP contribution in [-0.4, -0.2) is 46.3 Å². The molecule has 1 rings (SSSR count). The van der Waals surface area contributed by atoms with Crippen LogP contribution < -0.4 is 5.32 Å². The molecule has 0 aromatic rings. The van der Waals surface area contributed by atoms with Gasteiger partial charge < -0.3 is 4.90 Å². The lowest BCUT2D eigenvalue weighted by Crippen LogP contribution is -2.49. The average molecular weight is 265 g/mol. The fraction of sp³-hybridized carbons (Fsp3) is 0.800. The molecule has 6 heteroatoms. The Morgan fingerprint density at radius 2 is 2.31 bits per heavy atom. The number of carbonyl (C=O) groups excluding carboxylic acids is 2. The minimum Gasteiger partial charge on any atom is -0.323 e. The molecule has 0 radical (unpaired) electrons. The van der Waals surface area contributed by atoms with Crippen molar-refractivity contribution in [3.63, 3.8) is 0 Å². The number of carbonyl (C=O) groups is 2. The topological polar surface area (TPSA) is 49.4 Å². The number of nitrogens with one attached hydrogen (secondary N) is 1. The summed E-state index contributed by atoms with van der Waals surface area (Å²) in [6, 6.07) is -0.323. The number of halogens is 1. The Morgan fingerprint density at radius 3 is 2.88 bits per heavy atom. The van der Waals surface area contributed by atoms with Gasteiger partial charge in [0.05, 0.1) is 0 Å². The Kier molecular flexibility index (Phi) is 5.41. The smallest absolute Gasteiger partial charge is 0.323 e. The molecule has 1 heterocycles. The highest BCUT2D eigenvalue weighted by atomic mass is 35.5. The van der Waals surface area contributed by atoms with Gasteiger partial charge in [-0.25, -0.2) is 4.79 Å². The minimum atomic E-state index is -0.676.